The lowest BCUT2D eigenvalue weighted by molar-refractivity contribution is 0.0946. The Morgan fingerprint density at radius 3 is 2.82 bits per heavy atom. The maximum Gasteiger partial charge on any atom is 0.271 e. The van der Waals surface area contributed by atoms with Gasteiger partial charge in [-0.1, -0.05) is 12.1 Å². The lowest BCUT2D eigenvalue weighted by Crippen LogP contribution is -2.23. The van der Waals surface area contributed by atoms with E-state index in [0.717, 1.165) is 16.1 Å². The molecule has 0 aliphatic rings. The fraction of sp³-hybridized carbons (Fsp3) is 0.0625. The van der Waals surface area contributed by atoms with E-state index in [1.807, 2.05) is 36.4 Å². The number of amides is 1. The number of pyridine rings is 1. The van der Waals surface area contributed by atoms with Gasteiger partial charge < -0.3 is 11.1 Å². The zero-order valence-corrected chi connectivity index (χ0v) is 12.5. The second-order valence-electron chi connectivity index (χ2n) is 4.70. The highest BCUT2D eigenvalue weighted by Gasteiger charge is 2.11. The molecule has 0 bridgehead atoms. The van der Waals surface area contributed by atoms with Crippen LogP contribution in [0.1, 0.15) is 16.1 Å². The smallest absolute Gasteiger partial charge is 0.271 e. The number of anilines is 1. The summed E-state index contributed by atoms with van der Waals surface area (Å²) in [7, 11) is 0. The molecule has 6 heteroatoms. The molecule has 0 saturated heterocycles. The van der Waals surface area contributed by atoms with Gasteiger partial charge in [-0.3, -0.25) is 9.78 Å². The molecule has 0 saturated carbocycles. The van der Waals surface area contributed by atoms with Crippen LogP contribution in [-0.2, 0) is 6.54 Å². The summed E-state index contributed by atoms with van der Waals surface area (Å²) >= 11 is 1.44. The zero-order valence-electron chi connectivity index (χ0n) is 11.7. The van der Waals surface area contributed by atoms with Gasteiger partial charge in [0.05, 0.1) is 0 Å². The summed E-state index contributed by atoms with van der Waals surface area (Å²) in [5, 5.41) is 5.40. The maximum atomic E-state index is 12.1. The summed E-state index contributed by atoms with van der Waals surface area (Å²) in [5.74, 6) is -0.195. The summed E-state index contributed by atoms with van der Waals surface area (Å²) < 4.78 is 0. The summed E-state index contributed by atoms with van der Waals surface area (Å²) in [4.78, 5) is 20.5. The molecule has 2 aromatic heterocycles. The predicted octanol–water partition coefficient (Wildman–Crippen LogP) is 2.72. The van der Waals surface area contributed by atoms with Crippen molar-refractivity contribution in [2.75, 3.05) is 5.73 Å². The third-order valence-corrected chi connectivity index (χ3v) is 3.96. The Bertz CT molecular complexity index is 786. The van der Waals surface area contributed by atoms with Crippen LogP contribution in [0.2, 0.25) is 0 Å². The molecule has 2 heterocycles. The fourth-order valence-electron chi connectivity index (χ4n) is 1.98. The van der Waals surface area contributed by atoms with Gasteiger partial charge in [0.2, 0.25) is 0 Å². The quantitative estimate of drug-likeness (QED) is 0.726. The molecule has 3 rings (SSSR count). The second kappa shape index (κ2) is 6.36. The largest absolute Gasteiger partial charge is 0.399 e. The van der Waals surface area contributed by atoms with Crippen molar-refractivity contribution in [3.63, 3.8) is 0 Å². The number of hydrogen-bond acceptors (Lipinski definition) is 5. The molecule has 0 spiro atoms. The normalized spacial score (nSPS) is 10.4. The van der Waals surface area contributed by atoms with Gasteiger partial charge in [-0.05, 0) is 29.8 Å². The number of rotatable bonds is 4. The molecular weight excluding hydrogens is 296 g/mol. The molecule has 3 N–H and O–H groups in total. The van der Waals surface area contributed by atoms with Crippen LogP contribution >= 0.6 is 11.3 Å². The lowest BCUT2D eigenvalue weighted by Gasteiger charge is -2.04. The van der Waals surface area contributed by atoms with E-state index in [4.69, 9.17) is 5.73 Å². The third kappa shape index (κ3) is 3.29. The van der Waals surface area contributed by atoms with Crippen LogP contribution in [0.25, 0.3) is 10.6 Å². The molecule has 1 aromatic carbocycles. The first kappa shape index (κ1) is 14.2. The van der Waals surface area contributed by atoms with Gasteiger partial charge in [0, 0.05) is 35.6 Å². The van der Waals surface area contributed by atoms with E-state index in [-0.39, 0.29) is 5.91 Å². The average Bonchev–Trinajstić information content (AvgIpc) is 3.04. The van der Waals surface area contributed by atoms with Gasteiger partial charge in [-0.25, -0.2) is 4.98 Å². The van der Waals surface area contributed by atoms with Crippen molar-refractivity contribution in [1.29, 1.82) is 0 Å². The Morgan fingerprint density at radius 2 is 2.05 bits per heavy atom. The molecule has 0 aliphatic heterocycles. The summed E-state index contributed by atoms with van der Waals surface area (Å²) in [6.45, 7) is 0.423. The second-order valence-corrected chi connectivity index (χ2v) is 5.56. The standard InChI is InChI=1S/C16H14N4OS/c17-13-3-1-2-11(8-13)9-19-15(21)14-10-22-16(20-14)12-4-6-18-7-5-12/h1-8,10H,9,17H2,(H,19,21). The Labute approximate surface area is 131 Å². The molecule has 0 aliphatic carbocycles. The number of thiazole rings is 1. The minimum absolute atomic E-state index is 0.195. The first-order valence-corrected chi connectivity index (χ1v) is 7.59. The highest BCUT2D eigenvalue weighted by atomic mass is 32.1. The molecule has 0 atom stereocenters. The SMILES string of the molecule is Nc1cccc(CNC(=O)c2csc(-c3ccncc3)n2)c1. The van der Waals surface area contributed by atoms with E-state index >= 15 is 0 Å². The number of carbonyl (C=O) groups is 1. The number of nitrogens with one attached hydrogen (secondary N) is 1. The van der Waals surface area contributed by atoms with E-state index in [1.54, 1.807) is 17.8 Å². The Morgan fingerprint density at radius 1 is 1.23 bits per heavy atom. The van der Waals surface area contributed by atoms with Crippen molar-refractivity contribution in [1.82, 2.24) is 15.3 Å². The Hall–Kier alpha value is -2.73. The van der Waals surface area contributed by atoms with Crippen LogP contribution in [0.3, 0.4) is 0 Å². The molecule has 110 valence electrons. The van der Waals surface area contributed by atoms with Gasteiger partial charge >= 0.3 is 0 Å². The van der Waals surface area contributed by atoms with E-state index in [9.17, 15) is 4.79 Å². The third-order valence-electron chi connectivity index (χ3n) is 3.07. The highest BCUT2D eigenvalue weighted by molar-refractivity contribution is 7.13. The van der Waals surface area contributed by atoms with Gasteiger partial charge in [0.15, 0.2) is 0 Å². The van der Waals surface area contributed by atoms with Crippen molar-refractivity contribution in [3.8, 4) is 10.6 Å². The number of hydrogen-bond donors (Lipinski definition) is 2. The van der Waals surface area contributed by atoms with Crippen molar-refractivity contribution in [2.45, 2.75) is 6.54 Å². The predicted molar refractivity (Wildman–Crippen MR) is 87.4 cm³/mol. The molecule has 0 radical (unpaired) electrons. The van der Waals surface area contributed by atoms with Crippen molar-refractivity contribution in [2.24, 2.45) is 0 Å². The molecule has 5 nitrogen and oxygen atoms in total. The number of nitrogen functional groups attached to an aromatic ring is 1. The lowest BCUT2D eigenvalue weighted by atomic mass is 10.2. The first-order chi connectivity index (χ1) is 10.7. The van der Waals surface area contributed by atoms with E-state index in [1.165, 1.54) is 11.3 Å². The first-order valence-electron chi connectivity index (χ1n) is 6.71. The van der Waals surface area contributed by atoms with Gasteiger partial charge in [-0.15, -0.1) is 11.3 Å². The van der Waals surface area contributed by atoms with Crippen molar-refractivity contribution >= 4 is 22.9 Å². The van der Waals surface area contributed by atoms with Gasteiger partial charge in [0.25, 0.3) is 5.91 Å². The van der Waals surface area contributed by atoms with Crippen molar-refractivity contribution in [3.05, 3.63) is 65.4 Å². The van der Waals surface area contributed by atoms with Crippen LogP contribution in [0.5, 0.6) is 0 Å². The summed E-state index contributed by atoms with van der Waals surface area (Å²) in [5.41, 5.74) is 8.72. The van der Waals surface area contributed by atoms with Crippen LogP contribution in [-0.4, -0.2) is 15.9 Å². The number of nitrogens with zero attached hydrogens (tertiary/aromatic N) is 2. The monoisotopic (exact) mass is 310 g/mol. The van der Waals surface area contributed by atoms with E-state index in [2.05, 4.69) is 15.3 Å². The minimum Gasteiger partial charge on any atom is -0.399 e. The Kier molecular flexibility index (Phi) is 4.11. The zero-order chi connectivity index (χ0) is 15.4. The van der Waals surface area contributed by atoms with E-state index < -0.39 is 0 Å². The number of carbonyl (C=O) groups excluding carboxylic acids is 1. The molecule has 1 amide bonds. The number of benzene rings is 1. The molecular formula is C16H14N4OS. The van der Waals surface area contributed by atoms with E-state index in [0.29, 0.717) is 17.9 Å². The Balaban J connectivity index is 1.67. The van der Waals surface area contributed by atoms with Crippen molar-refractivity contribution < 1.29 is 4.79 Å². The topological polar surface area (TPSA) is 80.9 Å². The number of aromatic nitrogens is 2. The molecule has 22 heavy (non-hydrogen) atoms. The minimum atomic E-state index is -0.195. The van der Waals surface area contributed by atoms with Gasteiger partial charge in [-0.2, -0.15) is 0 Å². The maximum absolute atomic E-state index is 12.1. The van der Waals surface area contributed by atoms with Crippen LogP contribution in [0.4, 0.5) is 5.69 Å². The molecule has 3 aromatic rings. The van der Waals surface area contributed by atoms with Crippen LogP contribution in [0, 0.1) is 0 Å². The summed E-state index contributed by atoms with van der Waals surface area (Å²) in [6, 6.07) is 11.2. The fourth-order valence-corrected chi connectivity index (χ4v) is 2.79. The molecule has 0 fully saturated rings. The summed E-state index contributed by atoms with van der Waals surface area (Å²) in [6.07, 6.45) is 3.41. The van der Waals surface area contributed by atoms with Crippen LogP contribution in [0.15, 0.2) is 54.2 Å². The van der Waals surface area contributed by atoms with Crippen LogP contribution < -0.4 is 11.1 Å². The average molecular weight is 310 g/mol. The molecule has 0 unspecified atom stereocenters. The van der Waals surface area contributed by atoms with Gasteiger partial charge in [0.1, 0.15) is 10.7 Å². The highest BCUT2D eigenvalue weighted by Crippen LogP contribution is 2.22. The number of nitrogens with two attached hydrogens (primary N) is 1.